The van der Waals surface area contributed by atoms with Crippen LogP contribution in [0.4, 0.5) is 14.6 Å². The summed E-state index contributed by atoms with van der Waals surface area (Å²) >= 11 is 0. The van der Waals surface area contributed by atoms with Gasteiger partial charge in [-0.3, -0.25) is 4.72 Å². The molecule has 0 saturated carbocycles. The zero-order chi connectivity index (χ0) is 16.7. The first-order valence-corrected chi connectivity index (χ1v) is 8.73. The highest BCUT2D eigenvalue weighted by Crippen LogP contribution is 2.33. The van der Waals surface area contributed by atoms with Crippen LogP contribution in [0.5, 0.6) is 0 Å². The van der Waals surface area contributed by atoms with Gasteiger partial charge in [0.05, 0.1) is 4.90 Å². The Morgan fingerprint density at radius 3 is 2.61 bits per heavy atom. The number of aromatic nitrogens is 1. The Bertz CT molecular complexity index is 845. The molecule has 0 atom stereocenters. The standard InChI is InChI=1S/C16H16F2N2O2S/c1-16(17,18)13-7-2-3-8-14(13)23(21,22)20-15-9-11-5-4-6-12(11)10-19-15/h2-3,7-10H,4-6H2,1H3,(H,19,20). The third kappa shape index (κ3) is 3.19. The summed E-state index contributed by atoms with van der Waals surface area (Å²) in [5.41, 5.74) is 1.62. The normalized spacial score (nSPS) is 14.6. The van der Waals surface area contributed by atoms with E-state index in [2.05, 4.69) is 9.71 Å². The van der Waals surface area contributed by atoms with E-state index in [0.717, 1.165) is 36.5 Å². The largest absolute Gasteiger partial charge is 0.271 e. The predicted molar refractivity (Wildman–Crippen MR) is 83.1 cm³/mol. The molecule has 0 amide bonds. The van der Waals surface area contributed by atoms with Crippen LogP contribution in [0, 0.1) is 0 Å². The molecule has 1 aromatic heterocycles. The third-order valence-electron chi connectivity index (χ3n) is 3.86. The Morgan fingerprint density at radius 2 is 1.87 bits per heavy atom. The Labute approximate surface area is 133 Å². The number of aryl methyl sites for hydroxylation is 2. The number of pyridine rings is 1. The lowest BCUT2D eigenvalue weighted by molar-refractivity contribution is 0.0144. The van der Waals surface area contributed by atoms with Crippen LogP contribution in [0.1, 0.15) is 30.0 Å². The highest BCUT2D eigenvalue weighted by molar-refractivity contribution is 7.92. The van der Waals surface area contributed by atoms with E-state index in [0.29, 0.717) is 6.92 Å². The van der Waals surface area contributed by atoms with Gasteiger partial charge in [-0.1, -0.05) is 18.2 Å². The minimum Gasteiger partial charge on any atom is -0.263 e. The minimum atomic E-state index is -4.14. The summed E-state index contributed by atoms with van der Waals surface area (Å²) in [6.07, 6.45) is 4.45. The molecular weight excluding hydrogens is 322 g/mol. The molecule has 0 saturated heterocycles. The molecule has 23 heavy (non-hydrogen) atoms. The second kappa shape index (κ2) is 5.56. The Morgan fingerprint density at radius 1 is 1.17 bits per heavy atom. The zero-order valence-corrected chi connectivity index (χ0v) is 13.3. The maximum Gasteiger partial charge on any atom is 0.271 e. The van der Waals surface area contributed by atoms with Crippen LogP contribution in [0.2, 0.25) is 0 Å². The van der Waals surface area contributed by atoms with Crippen molar-refractivity contribution in [1.29, 1.82) is 0 Å². The average Bonchev–Trinajstić information content (AvgIpc) is 2.93. The second-order valence-corrected chi connectivity index (χ2v) is 7.33. The van der Waals surface area contributed by atoms with E-state index in [4.69, 9.17) is 0 Å². The van der Waals surface area contributed by atoms with E-state index in [1.165, 1.54) is 18.2 Å². The van der Waals surface area contributed by atoms with Crippen molar-refractivity contribution in [2.24, 2.45) is 0 Å². The topological polar surface area (TPSA) is 59.1 Å². The highest BCUT2D eigenvalue weighted by Gasteiger charge is 2.32. The lowest BCUT2D eigenvalue weighted by atomic mass is 10.1. The number of benzene rings is 1. The van der Waals surface area contributed by atoms with Crippen LogP contribution in [0.15, 0.2) is 41.4 Å². The molecule has 0 unspecified atom stereocenters. The van der Waals surface area contributed by atoms with Crippen molar-refractivity contribution < 1.29 is 17.2 Å². The van der Waals surface area contributed by atoms with E-state index in [1.807, 2.05) is 0 Å². The average molecular weight is 338 g/mol. The van der Waals surface area contributed by atoms with E-state index in [-0.39, 0.29) is 5.82 Å². The first-order valence-electron chi connectivity index (χ1n) is 7.25. The molecule has 0 spiro atoms. The first kappa shape index (κ1) is 15.9. The van der Waals surface area contributed by atoms with Gasteiger partial charge in [0.25, 0.3) is 15.9 Å². The van der Waals surface area contributed by atoms with Gasteiger partial charge in [-0.2, -0.15) is 0 Å². The van der Waals surface area contributed by atoms with Gasteiger partial charge >= 0.3 is 0 Å². The molecule has 3 rings (SSSR count). The molecule has 1 N–H and O–H groups in total. The summed E-state index contributed by atoms with van der Waals surface area (Å²) in [6.45, 7) is 0.676. The SMILES string of the molecule is CC(F)(F)c1ccccc1S(=O)(=O)Nc1cc2c(cn1)CCC2. The van der Waals surface area contributed by atoms with Crippen LogP contribution in [0.25, 0.3) is 0 Å². The Kier molecular flexibility index (Phi) is 3.83. The van der Waals surface area contributed by atoms with Crippen molar-refractivity contribution in [2.45, 2.75) is 37.0 Å². The lowest BCUT2D eigenvalue weighted by Crippen LogP contribution is -2.20. The van der Waals surface area contributed by atoms with E-state index in [1.54, 1.807) is 12.3 Å². The number of nitrogens with one attached hydrogen (secondary N) is 1. The molecule has 1 aliphatic carbocycles. The maximum atomic E-state index is 13.7. The second-order valence-electron chi connectivity index (χ2n) is 5.68. The molecule has 0 bridgehead atoms. The van der Waals surface area contributed by atoms with Crippen LogP contribution in [-0.2, 0) is 28.8 Å². The van der Waals surface area contributed by atoms with Crippen molar-refractivity contribution in [2.75, 3.05) is 4.72 Å². The fourth-order valence-electron chi connectivity index (χ4n) is 2.76. The molecule has 122 valence electrons. The zero-order valence-electron chi connectivity index (χ0n) is 12.5. The van der Waals surface area contributed by atoms with Gasteiger partial charge in [0.15, 0.2) is 0 Å². The monoisotopic (exact) mass is 338 g/mol. The van der Waals surface area contributed by atoms with Gasteiger partial charge in [-0.05, 0) is 42.5 Å². The van der Waals surface area contributed by atoms with Gasteiger partial charge in [0, 0.05) is 18.7 Å². The fraction of sp³-hybridized carbons (Fsp3) is 0.312. The fourth-order valence-corrected chi connectivity index (χ4v) is 4.06. The smallest absolute Gasteiger partial charge is 0.263 e. The Balaban J connectivity index is 1.97. The molecule has 4 nitrogen and oxygen atoms in total. The van der Waals surface area contributed by atoms with Crippen LogP contribution >= 0.6 is 0 Å². The highest BCUT2D eigenvalue weighted by atomic mass is 32.2. The van der Waals surface area contributed by atoms with E-state index >= 15 is 0 Å². The molecule has 1 heterocycles. The maximum absolute atomic E-state index is 13.7. The molecule has 1 aromatic carbocycles. The molecule has 7 heteroatoms. The van der Waals surface area contributed by atoms with E-state index < -0.39 is 26.4 Å². The van der Waals surface area contributed by atoms with Crippen LogP contribution in [-0.4, -0.2) is 13.4 Å². The minimum absolute atomic E-state index is 0.153. The number of alkyl halides is 2. The number of hydrogen-bond donors (Lipinski definition) is 1. The number of rotatable bonds is 4. The van der Waals surface area contributed by atoms with Crippen molar-refractivity contribution >= 4 is 15.8 Å². The van der Waals surface area contributed by atoms with Gasteiger partial charge in [-0.15, -0.1) is 0 Å². The number of hydrogen-bond acceptors (Lipinski definition) is 3. The molecule has 1 aliphatic rings. The van der Waals surface area contributed by atoms with Crippen LogP contribution in [0.3, 0.4) is 0 Å². The summed E-state index contributed by atoms with van der Waals surface area (Å²) in [7, 11) is -4.14. The third-order valence-corrected chi connectivity index (χ3v) is 5.28. The van der Waals surface area contributed by atoms with Crippen molar-refractivity contribution in [1.82, 2.24) is 4.98 Å². The molecular formula is C16H16F2N2O2S. The van der Waals surface area contributed by atoms with Crippen molar-refractivity contribution in [3.8, 4) is 0 Å². The van der Waals surface area contributed by atoms with Crippen molar-refractivity contribution in [3.05, 3.63) is 53.2 Å². The summed E-state index contributed by atoms with van der Waals surface area (Å²) in [5.74, 6) is -3.10. The molecule has 2 aromatic rings. The van der Waals surface area contributed by atoms with Gasteiger partial charge in [0.2, 0.25) is 0 Å². The van der Waals surface area contributed by atoms with Gasteiger partial charge in [-0.25, -0.2) is 22.2 Å². The predicted octanol–water partition coefficient (Wildman–Crippen LogP) is 3.48. The van der Waals surface area contributed by atoms with Gasteiger partial charge in [0.1, 0.15) is 5.82 Å². The molecule has 0 fully saturated rings. The Hall–Kier alpha value is -2.02. The summed E-state index contributed by atoms with van der Waals surface area (Å²) in [4.78, 5) is 3.64. The lowest BCUT2D eigenvalue weighted by Gasteiger charge is -2.16. The summed E-state index contributed by atoms with van der Waals surface area (Å²) < 4.78 is 54.6. The summed E-state index contributed by atoms with van der Waals surface area (Å²) in [5, 5.41) is 0. The van der Waals surface area contributed by atoms with Crippen LogP contribution < -0.4 is 4.72 Å². The van der Waals surface area contributed by atoms with E-state index in [9.17, 15) is 17.2 Å². The number of halogens is 2. The number of nitrogens with zero attached hydrogens (tertiary/aromatic N) is 1. The number of fused-ring (bicyclic) bond motifs is 1. The number of sulfonamides is 1. The molecule has 0 aliphatic heterocycles. The van der Waals surface area contributed by atoms with Crippen molar-refractivity contribution in [3.63, 3.8) is 0 Å². The number of anilines is 1. The summed E-state index contributed by atoms with van der Waals surface area (Å²) in [6, 6.07) is 6.76. The molecule has 0 radical (unpaired) electrons. The van der Waals surface area contributed by atoms with Gasteiger partial charge < -0.3 is 0 Å². The first-order chi connectivity index (χ1) is 10.8. The quantitative estimate of drug-likeness (QED) is 0.928.